The smallest absolute Gasteiger partial charge is 0.344 e. The van der Waals surface area contributed by atoms with E-state index in [1.165, 1.54) is 33.4 Å². The Morgan fingerprint density at radius 1 is 0.556 bits per heavy atom. The van der Waals surface area contributed by atoms with Gasteiger partial charge >= 0.3 is 24.1 Å². The van der Waals surface area contributed by atoms with Gasteiger partial charge < -0.3 is 47.1 Å². The summed E-state index contributed by atoms with van der Waals surface area (Å²) in [5.74, 6) is 4.96. The molecule has 0 spiro atoms. The fraction of sp³-hybridized carbons (Fsp3) is 0.273. The molecule has 12 heterocycles. The Bertz CT molecular complexity index is 3440. The van der Waals surface area contributed by atoms with Gasteiger partial charge in [0.1, 0.15) is 30.9 Å². The number of aromatic nitrogens is 4. The molecule has 4 saturated heterocycles. The lowest BCUT2D eigenvalue weighted by Crippen LogP contribution is -2.34. The number of fused-ring (bicyclic) bond motifs is 8. The van der Waals surface area contributed by atoms with Crippen LogP contribution in [0.25, 0.3) is 16.7 Å². The summed E-state index contributed by atoms with van der Waals surface area (Å²) in [6.45, 7) is 17.0. The average molecular weight is 1300 g/mol. The monoisotopic (exact) mass is 1300 g/mol. The average Bonchev–Trinajstić information content (AvgIpc) is 2.03. The number of rotatable bonds is 12. The number of urea groups is 4. The van der Waals surface area contributed by atoms with Crippen LogP contribution in [-0.2, 0) is 9.68 Å². The molecular weight excluding hydrogens is 1230 g/mol. The number of carbonyl (C=O) groups excluding carboxylic acids is 4. The Hall–Kier alpha value is -9.41. The molecular formula is C66H72BrN12O10P. The number of nitrogens with zero attached hydrogens (tertiary/aromatic N) is 12. The van der Waals surface area contributed by atoms with Crippen LogP contribution < -0.4 is 10.6 Å². The highest BCUT2D eigenvalue weighted by atomic mass is 79.9. The Morgan fingerprint density at radius 3 is 1.41 bits per heavy atom. The maximum Gasteiger partial charge on any atom is 0.344 e. The van der Waals surface area contributed by atoms with Crippen molar-refractivity contribution in [3.8, 4) is 0 Å². The van der Waals surface area contributed by atoms with Crippen LogP contribution in [0.2, 0.25) is 0 Å². The number of amides is 8. The van der Waals surface area contributed by atoms with Crippen molar-refractivity contribution < 1.29 is 46.5 Å². The second-order valence-electron chi connectivity index (χ2n) is 20.7. The van der Waals surface area contributed by atoms with Crippen molar-refractivity contribution in [2.75, 3.05) is 79.7 Å². The van der Waals surface area contributed by atoms with Crippen molar-refractivity contribution in [2.45, 2.75) is 38.0 Å². The zero-order valence-corrected chi connectivity index (χ0v) is 53.0. The molecule has 4 atom stereocenters. The Morgan fingerprint density at radius 2 is 0.978 bits per heavy atom. The first-order chi connectivity index (χ1) is 43.9. The van der Waals surface area contributed by atoms with Crippen LogP contribution in [-0.4, -0.2) is 187 Å². The third-order valence-corrected chi connectivity index (χ3v) is 18.1. The summed E-state index contributed by atoms with van der Waals surface area (Å²) in [4.78, 5) is 84.3. The summed E-state index contributed by atoms with van der Waals surface area (Å²) in [6, 6.07) is 33.4. The number of benzene rings is 3. The number of hydrogen-bond donors (Lipinski definition) is 0. The molecule has 8 amide bonds. The van der Waals surface area contributed by atoms with Crippen LogP contribution in [0.3, 0.4) is 0 Å². The quantitative estimate of drug-likeness (QED) is 0.0821. The summed E-state index contributed by atoms with van der Waals surface area (Å²) in [7, 11) is 3.31. The molecule has 7 aromatic rings. The molecule has 15 rings (SSSR count). The van der Waals surface area contributed by atoms with E-state index in [1.807, 2.05) is 84.6 Å². The third-order valence-electron chi connectivity index (χ3n) is 15.0. The van der Waals surface area contributed by atoms with Gasteiger partial charge in [-0.1, -0.05) is 161 Å². The molecule has 8 bridgehead atoms. The van der Waals surface area contributed by atoms with Gasteiger partial charge in [0.2, 0.25) is 11.8 Å². The second-order valence-corrected chi connectivity index (χ2v) is 23.7. The molecule has 24 heteroatoms. The summed E-state index contributed by atoms with van der Waals surface area (Å²) < 4.78 is 21.6. The van der Waals surface area contributed by atoms with E-state index in [9.17, 15) is 19.2 Å². The van der Waals surface area contributed by atoms with Crippen molar-refractivity contribution in [3.63, 3.8) is 0 Å². The first-order valence-corrected chi connectivity index (χ1v) is 31.3. The lowest BCUT2D eigenvalue weighted by atomic mass is 10.0. The predicted molar refractivity (Wildman–Crippen MR) is 347 cm³/mol. The number of allylic oxidation sites excluding steroid dienone is 1. The molecule has 0 saturated carbocycles. The number of hydroxylamine groups is 4. The van der Waals surface area contributed by atoms with E-state index in [-0.39, 0.29) is 56.2 Å². The van der Waals surface area contributed by atoms with Crippen LogP contribution >= 0.6 is 23.9 Å². The Balaban J connectivity index is 0.000000128. The second kappa shape index (κ2) is 32.2. The van der Waals surface area contributed by atoms with Crippen LogP contribution in [0.15, 0.2) is 231 Å². The maximum absolute atomic E-state index is 12.0. The van der Waals surface area contributed by atoms with Crippen LogP contribution in [0.4, 0.5) is 19.2 Å². The number of carbonyl (C=O) groups is 4. The van der Waals surface area contributed by atoms with Crippen molar-refractivity contribution in [2.24, 2.45) is 0 Å². The topological polar surface area (TPSA) is 217 Å². The molecule has 8 aliphatic heterocycles. The van der Waals surface area contributed by atoms with Gasteiger partial charge in [0.25, 0.3) is 0 Å². The molecule has 4 aromatic heterocycles. The summed E-state index contributed by atoms with van der Waals surface area (Å²) in [6.07, 6.45) is 26.0. The van der Waals surface area contributed by atoms with E-state index < -0.39 is 0 Å². The van der Waals surface area contributed by atoms with Crippen molar-refractivity contribution in [1.29, 1.82) is 0 Å². The minimum absolute atomic E-state index is 0.0104. The molecule has 22 nitrogen and oxygen atoms in total. The number of hydrogen-bond acceptors (Lipinski definition) is 14. The van der Waals surface area contributed by atoms with E-state index in [0.29, 0.717) is 64.3 Å². The minimum Gasteiger partial charge on any atom is -0.449 e. The van der Waals surface area contributed by atoms with Gasteiger partial charge in [-0.15, -0.1) is 13.2 Å². The van der Waals surface area contributed by atoms with E-state index in [4.69, 9.17) is 27.3 Å². The first-order valence-electron chi connectivity index (χ1n) is 29.1. The molecule has 8 aliphatic rings. The zero-order valence-electron chi connectivity index (χ0n) is 50.5. The van der Waals surface area contributed by atoms with E-state index >= 15 is 0 Å². The third kappa shape index (κ3) is 16.1. The number of aryl methyl sites for hydroxylation is 1. The molecule has 3 aromatic carbocycles. The summed E-state index contributed by atoms with van der Waals surface area (Å²) >= 11 is 3.44. The Labute approximate surface area is 532 Å². The van der Waals surface area contributed by atoms with Gasteiger partial charge in [-0.25, -0.2) is 39.1 Å². The Kier molecular flexibility index (Phi) is 23.3. The summed E-state index contributed by atoms with van der Waals surface area (Å²) in [5.41, 5.74) is 2.98. The predicted octanol–water partition coefficient (Wildman–Crippen LogP) is 10.7. The number of halogens is 1. The molecule has 0 N–H and O–H groups in total. The molecule has 4 fully saturated rings. The highest BCUT2D eigenvalue weighted by Crippen LogP contribution is 2.36. The van der Waals surface area contributed by atoms with Gasteiger partial charge in [0.05, 0.1) is 63.2 Å². The lowest BCUT2D eigenvalue weighted by molar-refractivity contribution is -0.108. The standard InChI is InChI=1S/C15H15P.C12H13N3O3.2C10H11N3O2.C9H11BrN2O2.C6H6.C4H5NO/c1-2-13-16(14-9-5-3-6-10-14)15-11-7-4-8-12-15;1-2-6-18-15-10-8-14(12(15)16)5-3-9(10)11-13-4-7-17-11;1-12-8-6-13(10(12)14)4-2-7(8)9-11-3-5-15-9;1-12-8-5-13(10(12)14)3-2-7(8)9-4-11-6-15-9;1-2-5-14-12-8-6-11(9(12)13)4-3-7(8)10;1-2-4-6-5-3-1;1-4-5-2-3-6-4/h2-13H,1H3;2-4,7,10H,1,5-6,8H2;2-3,5,8H,4,6H2,1H3;2,4,6,8H,3,5H2,1H3;2-3,8H,1,4-6H2;1-6H;2-3H,1H3/b13-2+;;;;;;. The normalized spacial score (nSPS) is 19.8. The SMILES string of the molecule is C/C=C/P(c1ccccc1)c1ccccc1.C=CCON1C(=O)N2CC=C(Br)C1C2.C=CCON1C(=O)N2CC=C(c3ncco3)C1C2.CN1C(=O)N2CC=C(c3cnco3)C1C2.CN1C(=O)N2CC=C(c3ncco3)C1C2.Cc1ncco1.c1ccccc1. The highest BCUT2D eigenvalue weighted by molar-refractivity contribution is 9.11. The van der Waals surface area contributed by atoms with Crippen LogP contribution in [0, 0.1) is 6.92 Å². The van der Waals surface area contributed by atoms with E-state index in [0.717, 1.165) is 45.9 Å². The van der Waals surface area contributed by atoms with Crippen molar-refractivity contribution >= 4 is 75.3 Å². The molecule has 468 valence electrons. The fourth-order valence-corrected chi connectivity index (χ4v) is 12.9. The van der Waals surface area contributed by atoms with Gasteiger partial charge in [-0.05, 0) is 25.5 Å². The van der Waals surface area contributed by atoms with E-state index in [2.05, 4.69) is 129 Å². The van der Waals surface area contributed by atoms with Gasteiger partial charge in [-0.2, -0.15) is 10.1 Å². The van der Waals surface area contributed by atoms with Gasteiger partial charge in [0, 0.05) is 81.5 Å². The fourth-order valence-electron chi connectivity index (χ4n) is 10.5. The molecule has 4 unspecified atom stereocenters. The van der Waals surface area contributed by atoms with E-state index in [1.54, 1.807) is 76.0 Å². The van der Waals surface area contributed by atoms with Crippen LogP contribution in [0.1, 0.15) is 30.4 Å². The number of likely N-dealkylation sites (N-methyl/N-ethyl adjacent to an activating group) is 2. The maximum atomic E-state index is 12.0. The molecule has 90 heavy (non-hydrogen) atoms. The van der Waals surface area contributed by atoms with Gasteiger partial charge in [-0.3, -0.25) is 9.68 Å². The first kappa shape index (κ1) is 65.0. The van der Waals surface area contributed by atoms with Crippen molar-refractivity contribution in [3.05, 3.63) is 236 Å². The molecule has 0 radical (unpaired) electrons. The lowest BCUT2D eigenvalue weighted by Gasteiger charge is -2.22. The van der Waals surface area contributed by atoms with Gasteiger partial charge in [0.15, 0.2) is 18.0 Å². The largest absolute Gasteiger partial charge is 0.449 e. The van der Waals surface area contributed by atoms with Crippen molar-refractivity contribution in [1.82, 2.24) is 59.5 Å². The molecule has 0 aliphatic carbocycles. The van der Waals surface area contributed by atoms with Crippen LogP contribution in [0.5, 0.6) is 0 Å². The summed E-state index contributed by atoms with van der Waals surface area (Å²) in [5, 5.41) is 5.60. The minimum atomic E-state index is -0.332. The zero-order chi connectivity index (χ0) is 63.4. The highest BCUT2D eigenvalue weighted by Gasteiger charge is 2.45. The number of oxazole rings is 4.